The third-order valence-electron chi connectivity index (χ3n) is 4.71. The molecule has 1 saturated heterocycles. The maximum Gasteiger partial charge on any atom is 0.227 e. The molecule has 1 aliphatic heterocycles. The average molecular weight is 352 g/mol. The molecule has 2 amide bonds. The van der Waals surface area contributed by atoms with Crippen LogP contribution in [0, 0.1) is 19.8 Å². The van der Waals surface area contributed by atoms with Gasteiger partial charge in [0.05, 0.1) is 18.7 Å². The fourth-order valence-electron chi connectivity index (χ4n) is 3.17. The molecule has 1 N–H and O–H groups in total. The molecule has 0 saturated carbocycles. The third kappa shape index (κ3) is 3.87. The van der Waals surface area contributed by atoms with E-state index >= 15 is 0 Å². The standard InChI is InChI=1S/C21H24N2O3/c1-14-4-7-16(8-5-14)12-22-21(25)17-11-20(24)23(13-17)18-10-15(2)6-9-19(18)26-3/h4-10,17H,11-13H2,1-3H3,(H,22,25)/t17-/m1/s1. The van der Waals surface area contributed by atoms with Gasteiger partial charge in [-0.1, -0.05) is 35.9 Å². The summed E-state index contributed by atoms with van der Waals surface area (Å²) in [4.78, 5) is 26.6. The van der Waals surface area contributed by atoms with Crippen LogP contribution in [-0.2, 0) is 16.1 Å². The number of ether oxygens (including phenoxy) is 1. The Labute approximate surface area is 154 Å². The highest BCUT2D eigenvalue weighted by Crippen LogP contribution is 2.33. The summed E-state index contributed by atoms with van der Waals surface area (Å²) >= 11 is 0. The first-order chi connectivity index (χ1) is 12.5. The summed E-state index contributed by atoms with van der Waals surface area (Å²) in [5.41, 5.74) is 4.00. The number of carbonyl (C=O) groups excluding carboxylic acids is 2. The van der Waals surface area contributed by atoms with Crippen molar-refractivity contribution in [1.29, 1.82) is 0 Å². The summed E-state index contributed by atoms with van der Waals surface area (Å²) in [6.07, 6.45) is 0.219. The zero-order valence-corrected chi connectivity index (χ0v) is 15.4. The van der Waals surface area contributed by atoms with E-state index in [1.54, 1.807) is 12.0 Å². The number of rotatable bonds is 5. The summed E-state index contributed by atoms with van der Waals surface area (Å²) < 4.78 is 5.38. The molecular formula is C21H24N2O3. The van der Waals surface area contributed by atoms with Crippen LogP contribution in [0.25, 0.3) is 0 Å². The average Bonchev–Trinajstić information content (AvgIpc) is 3.02. The Morgan fingerprint density at radius 1 is 1.15 bits per heavy atom. The predicted octanol–water partition coefficient (Wildman–Crippen LogP) is 2.98. The lowest BCUT2D eigenvalue weighted by Gasteiger charge is -2.20. The van der Waals surface area contributed by atoms with Crippen molar-refractivity contribution >= 4 is 17.5 Å². The number of hydrogen-bond donors (Lipinski definition) is 1. The predicted molar refractivity (Wildman–Crippen MR) is 101 cm³/mol. The lowest BCUT2D eigenvalue weighted by atomic mass is 10.1. The molecule has 0 radical (unpaired) electrons. The molecule has 0 aromatic heterocycles. The van der Waals surface area contributed by atoms with Crippen molar-refractivity contribution in [2.24, 2.45) is 5.92 Å². The SMILES string of the molecule is COc1ccc(C)cc1N1C[C@H](C(=O)NCc2ccc(C)cc2)CC1=O. The first kappa shape index (κ1) is 18.0. The molecule has 136 valence electrons. The van der Waals surface area contributed by atoms with E-state index in [-0.39, 0.29) is 24.2 Å². The molecule has 0 aliphatic carbocycles. The molecule has 3 rings (SSSR count). The molecular weight excluding hydrogens is 328 g/mol. The largest absolute Gasteiger partial charge is 0.495 e. The van der Waals surface area contributed by atoms with Crippen LogP contribution in [0.1, 0.15) is 23.1 Å². The summed E-state index contributed by atoms with van der Waals surface area (Å²) in [5.74, 6) is 0.153. The van der Waals surface area contributed by atoms with Crippen molar-refractivity contribution in [2.45, 2.75) is 26.8 Å². The van der Waals surface area contributed by atoms with Crippen LogP contribution in [-0.4, -0.2) is 25.5 Å². The molecule has 1 heterocycles. The van der Waals surface area contributed by atoms with Crippen molar-refractivity contribution in [3.05, 3.63) is 59.2 Å². The van der Waals surface area contributed by atoms with E-state index in [1.807, 2.05) is 56.3 Å². The van der Waals surface area contributed by atoms with Gasteiger partial charge in [0.25, 0.3) is 0 Å². The third-order valence-corrected chi connectivity index (χ3v) is 4.71. The first-order valence-electron chi connectivity index (χ1n) is 8.76. The molecule has 2 aromatic rings. The van der Waals surface area contributed by atoms with E-state index in [0.717, 1.165) is 16.8 Å². The fraction of sp³-hybridized carbons (Fsp3) is 0.333. The van der Waals surface area contributed by atoms with E-state index in [9.17, 15) is 9.59 Å². The number of amides is 2. The summed E-state index contributed by atoms with van der Waals surface area (Å²) in [7, 11) is 1.58. The molecule has 0 bridgehead atoms. The lowest BCUT2D eigenvalue weighted by Crippen LogP contribution is -2.32. The summed E-state index contributed by atoms with van der Waals surface area (Å²) in [5, 5.41) is 2.94. The van der Waals surface area contributed by atoms with Crippen LogP contribution in [0.4, 0.5) is 5.69 Å². The second-order valence-corrected chi connectivity index (χ2v) is 6.78. The van der Waals surface area contributed by atoms with E-state index in [2.05, 4.69) is 5.32 Å². The monoisotopic (exact) mass is 352 g/mol. The highest BCUT2D eigenvalue weighted by Gasteiger charge is 2.36. The molecule has 5 heteroatoms. The normalized spacial score (nSPS) is 16.7. The first-order valence-corrected chi connectivity index (χ1v) is 8.76. The Kier molecular flexibility index (Phi) is 5.26. The van der Waals surface area contributed by atoms with Crippen molar-refractivity contribution in [3.63, 3.8) is 0 Å². The van der Waals surface area contributed by atoms with Crippen LogP contribution in [0.2, 0.25) is 0 Å². The van der Waals surface area contributed by atoms with E-state index in [1.165, 1.54) is 5.56 Å². The number of hydrogen-bond acceptors (Lipinski definition) is 3. The van der Waals surface area contributed by atoms with Crippen LogP contribution < -0.4 is 15.0 Å². The lowest BCUT2D eigenvalue weighted by molar-refractivity contribution is -0.126. The van der Waals surface area contributed by atoms with Crippen molar-refractivity contribution in [2.75, 3.05) is 18.6 Å². The number of methoxy groups -OCH3 is 1. The zero-order chi connectivity index (χ0) is 18.7. The van der Waals surface area contributed by atoms with Crippen molar-refractivity contribution < 1.29 is 14.3 Å². The second-order valence-electron chi connectivity index (χ2n) is 6.78. The van der Waals surface area contributed by atoms with Crippen molar-refractivity contribution in [3.8, 4) is 5.75 Å². The van der Waals surface area contributed by atoms with Crippen LogP contribution in [0.5, 0.6) is 5.75 Å². The van der Waals surface area contributed by atoms with Gasteiger partial charge in [-0.05, 0) is 37.1 Å². The highest BCUT2D eigenvalue weighted by molar-refractivity contribution is 6.01. The molecule has 0 spiro atoms. The van der Waals surface area contributed by atoms with E-state index in [4.69, 9.17) is 4.74 Å². The Balaban J connectivity index is 1.66. The molecule has 2 aromatic carbocycles. The van der Waals surface area contributed by atoms with Crippen LogP contribution in [0.3, 0.4) is 0 Å². The van der Waals surface area contributed by atoms with Crippen LogP contribution in [0.15, 0.2) is 42.5 Å². The number of nitrogens with zero attached hydrogens (tertiary/aromatic N) is 1. The Bertz CT molecular complexity index is 815. The zero-order valence-electron chi connectivity index (χ0n) is 15.4. The molecule has 5 nitrogen and oxygen atoms in total. The fourth-order valence-corrected chi connectivity index (χ4v) is 3.17. The van der Waals surface area contributed by atoms with Gasteiger partial charge in [0.1, 0.15) is 5.75 Å². The molecule has 0 unspecified atom stereocenters. The van der Waals surface area contributed by atoms with Gasteiger partial charge in [0.2, 0.25) is 11.8 Å². The van der Waals surface area contributed by atoms with Gasteiger partial charge in [-0.15, -0.1) is 0 Å². The van der Waals surface area contributed by atoms with E-state index in [0.29, 0.717) is 18.8 Å². The Morgan fingerprint density at radius 2 is 1.85 bits per heavy atom. The summed E-state index contributed by atoms with van der Waals surface area (Å²) in [6.45, 7) is 4.84. The summed E-state index contributed by atoms with van der Waals surface area (Å²) in [6, 6.07) is 13.7. The number of nitrogens with one attached hydrogen (secondary N) is 1. The quantitative estimate of drug-likeness (QED) is 0.900. The second kappa shape index (κ2) is 7.60. The minimum absolute atomic E-state index is 0.0515. The molecule has 1 aliphatic rings. The minimum Gasteiger partial charge on any atom is -0.495 e. The van der Waals surface area contributed by atoms with Gasteiger partial charge in [-0.3, -0.25) is 9.59 Å². The topological polar surface area (TPSA) is 58.6 Å². The minimum atomic E-state index is -0.349. The van der Waals surface area contributed by atoms with Gasteiger partial charge in [-0.2, -0.15) is 0 Å². The molecule has 1 fully saturated rings. The van der Waals surface area contributed by atoms with Gasteiger partial charge in [-0.25, -0.2) is 0 Å². The van der Waals surface area contributed by atoms with Crippen molar-refractivity contribution in [1.82, 2.24) is 5.32 Å². The molecule has 26 heavy (non-hydrogen) atoms. The van der Waals surface area contributed by atoms with E-state index < -0.39 is 0 Å². The van der Waals surface area contributed by atoms with Gasteiger partial charge in [0, 0.05) is 19.5 Å². The Hall–Kier alpha value is -2.82. The Morgan fingerprint density at radius 3 is 2.54 bits per heavy atom. The van der Waals surface area contributed by atoms with Gasteiger partial charge >= 0.3 is 0 Å². The number of benzene rings is 2. The maximum absolute atomic E-state index is 12.5. The van der Waals surface area contributed by atoms with Gasteiger partial charge in [0.15, 0.2) is 0 Å². The number of carbonyl (C=O) groups is 2. The van der Waals surface area contributed by atoms with Crippen LogP contribution >= 0.6 is 0 Å². The van der Waals surface area contributed by atoms with Gasteiger partial charge < -0.3 is 15.0 Å². The number of anilines is 1. The molecule has 1 atom stereocenters. The smallest absolute Gasteiger partial charge is 0.227 e. The maximum atomic E-state index is 12.5. The number of aryl methyl sites for hydroxylation is 2. The highest BCUT2D eigenvalue weighted by atomic mass is 16.5.